The zero-order chi connectivity index (χ0) is 10.1. The minimum atomic E-state index is -0.593. The van der Waals surface area contributed by atoms with Crippen molar-refractivity contribution in [2.75, 3.05) is 0 Å². The molecule has 0 aliphatic heterocycles. The molecule has 0 bridgehead atoms. The lowest BCUT2D eigenvalue weighted by Gasteiger charge is -2.09. The smallest absolute Gasteiger partial charge is 0.267 e. The van der Waals surface area contributed by atoms with E-state index in [1.54, 1.807) is 6.92 Å². The summed E-state index contributed by atoms with van der Waals surface area (Å²) >= 11 is 0. The number of hydrogen-bond acceptors (Lipinski definition) is 2. The third-order valence-electron chi connectivity index (χ3n) is 3.03. The molecule has 0 aromatic carbocycles. The predicted octanol–water partition coefficient (Wildman–Crippen LogP) is 1.41. The molecule has 1 heterocycles. The predicted molar refractivity (Wildman–Crippen MR) is 53.3 cm³/mol. The molecule has 0 spiro atoms. The fraction of sp³-hybridized carbons (Fsp3) is 0.700. The maximum atomic E-state index is 11.5. The summed E-state index contributed by atoms with van der Waals surface area (Å²) < 4.78 is 0. The first-order chi connectivity index (χ1) is 6.70. The summed E-state index contributed by atoms with van der Waals surface area (Å²) in [6.07, 6.45) is 3.93. The summed E-state index contributed by atoms with van der Waals surface area (Å²) in [5.41, 5.74) is 1.38. The Balaban J connectivity index is 2.38. The Kier molecular flexibility index (Phi) is 2.46. The number of aliphatic hydroxyl groups excluding tert-OH is 1. The molecule has 1 fully saturated rings. The lowest BCUT2D eigenvalue weighted by atomic mass is 9.96. The van der Waals surface area contributed by atoms with Crippen molar-refractivity contribution in [1.82, 2.24) is 10.2 Å². The Morgan fingerprint density at radius 1 is 1.36 bits per heavy atom. The first-order valence-electron chi connectivity index (χ1n) is 5.18. The Bertz CT molecular complexity index is 358. The van der Waals surface area contributed by atoms with Gasteiger partial charge in [-0.1, -0.05) is 12.8 Å². The highest BCUT2D eigenvalue weighted by Gasteiger charge is 2.25. The van der Waals surface area contributed by atoms with Crippen LogP contribution < -0.4 is 5.56 Å². The third kappa shape index (κ3) is 1.50. The van der Waals surface area contributed by atoms with Gasteiger partial charge in [-0.15, -0.1) is 0 Å². The van der Waals surface area contributed by atoms with Crippen LogP contribution in [0.1, 0.15) is 55.9 Å². The van der Waals surface area contributed by atoms with Crippen molar-refractivity contribution in [3.05, 3.63) is 21.6 Å². The summed E-state index contributed by atoms with van der Waals surface area (Å²) in [5.74, 6) is 0.342. The minimum absolute atomic E-state index is 0.0622. The standard InChI is InChI=1S/C10H16N2O2/c1-6(13)9-8(10(14)12-11-9)7-4-2-3-5-7/h6-7,13H,2-5H2,1H3,(H2,11,12,14). The highest BCUT2D eigenvalue weighted by molar-refractivity contribution is 5.24. The van der Waals surface area contributed by atoms with E-state index in [9.17, 15) is 9.90 Å². The summed E-state index contributed by atoms with van der Waals surface area (Å²) in [6, 6.07) is 0. The lowest BCUT2D eigenvalue weighted by Crippen LogP contribution is -2.11. The van der Waals surface area contributed by atoms with Crippen LogP contribution in [0, 0.1) is 0 Å². The second kappa shape index (κ2) is 3.61. The molecular formula is C10H16N2O2. The number of H-pyrrole nitrogens is 2. The van der Waals surface area contributed by atoms with Crippen LogP contribution in [-0.2, 0) is 0 Å². The summed E-state index contributed by atoms with van der Waals surface area (Å²) in [5, 5.41) is 14.8. The summed E-state index contributed by atoms with van der Waals surface area (Å²) in [6.45, 7) is 1.68. The van der Waals surface area contributed by atoms with Crippen molar-refractivity contribution < 1.29 is 5.11 Å². The van der Waals surface area contributed by atoms with Crippen LogP contribution in [0.5, 0.6) is 0 Å². The zero-order valence-electron chi connectivity index (χ0n) is 8.34. The molecule has 2 rings (SSSR count). The van der Waals surface area contributed by atoms with Gasteiger partial charge in [-0.3, -0.25) is 15.0 Å². The molecular weight excluding hydrogens is 180 g/mol. The number of aliphatic hydroxyl groups is 1. The van der Waals surface area contributed by atoms with Crippen molar-refractivity contribution in [3.8, 4) is 0 Å². The van der Waals surface area contributed by atoms with Gasteiger partial charge in [-0.25, -0.2) is 0 Å². The molecule has 4 nitrogen and oxygen atoms in total. The topological polar surface area (TPSA) is 68.9 Å². The molecule has 1 aromatic rings. The summed E-state index contributed by atoms with van der Waals surface area (Å²) in [4.78, 5) is 11.5. The van der Waals surface area contributed by atoms with E-state index in [1.165, 1.54) is 12.8 Å². The zero-order valence-corrected chi connectivity index (χ0v) is 8.34. The molecule has 1 unspecified atom stereocenters. The lowest BCUT2D eigenvalue weighted by molar-refractivity contribution is 0.192. The summed E-state index contributed by atoms with van der Waals surface area (Å²) in [7, 11) is 0. The van der Waals surface area contributed by atoms with E-state index in [0.717, 1.165) is 18.4 Å². The molecule has 3 N–H and O–H groups in total. The van der Waals surface area contributed by atoms with Crippen LogP contribution in [0.4, 0.5) is 0 Å². The molecule has 78 valence electrons. The van der Waals surface area contributed by atoms with Gasteiger partial charge in [-0.2, -0.15) is 0 Å². The van der Waals surface area contributed by atoms with Crippen molar-refractivity contribution in [1.29, 1.82) is 0 Å². The monoisotopic (exact) mass is 196 g/mol. The average molecular weight is 196 g/mol. The maximum Gasteiger partial charge on any atom is 0.267 e. The van der Waals surface area contributed by atoms with Crippen molar-refractivity contribution >= 4 is 0 Å². The Hall–Kier alpha value is -1.03. The van der Waals surface area contributed by atoms with Gasteiger partial charge in [-0.05, 0) is 25.7 Å². The van der Waals surface area contributed by atoms with Gasteiger partial charge in [0.15, 0.2) is 0 Å². The van der Waals surface area contributed by atoms with E-state index in [4.69, 9.17) is 0 Å². The van der Waals surface area contributed by atoms with E-state index >= 15 is 0 Å². The van der Waals surface area contributed by atoms with E-state index in [-0.39, 0.29) is 5.56 Å². The highest BCUT2D eigenvalue weighted by atomic mass is 16.3. The molecule has 1 aromatic heterocycles. The minimum Gasteiger partial charge on any atom is -0.387 e. The number of nitrogens with one attached hydrogen (secondary N) is 2. The van der Waals surface area contributed by atoms with E-state index in [0.29, 0.717) is 11.6 Å². The number of aromatic amines is 2. The molecule has 1 atom stereocenters. The number of hydrogen-bond donors (Lipinski definition) is 3. The van der Waals surface area contributed by atoms with E-state index in [2.05, 4.69) is 10.2 Å². The van der Waals surface area contributed by atoms with Crippen molar-refractivity contribution in [2.24, 2.45) is 0 Å². The first-order valence-corrected chi connectivity index (χ1v) is 5.18. The van der Waals surface area contributed by atoms with Gasteiger partial charge in [0.05, 0.1) is 11.8 Å². The third-order valence-corrected chi connectivity index (χ3v) is 3.03. The van der Waals surface area contributed by atoms with Gasteiger partial charge >= 0.3 is 0 Å². The Morgan fingerprint density at radius 2 is 2.00 bits per heavy atom. The van der Waals surface area contributed by atoms with Crippen LogP contribution >= 0.6 is 0 Å². The molecule has 4 heteroatoms. The molecule has 0 saturated heterocycles. The van der Waals surface area contributed by atoms with Gasteiger partial charge in [0.2, 0.25) is 0 Å². The number of rotatable bonds is 2. The van der Waals surface area contributed by atoms with Gasteiger partial charge in [0.25, 0.3) is 5.56 Å². The quantitative estimate of drug-likeness (QED) is 0.669. The molecule has 1 aliphatic rings. The maximum absolute atomic E-state index is 11.5. The molecule has 14 heavy (non-hydrogen) atoms. The largest absolute Gasteiger partial charge is 0.387 e. The van der Waals surface area contributed by atoms with Crippen LogP contribution in [0.15, 0.2) is 4.79 Å². The normalized spacial score (nSPS) is 20.1. The second-order valence-corrected chi connectivity index (χ2v) is 4.06. The van der Waals surface area contributed by atoms with Crippen LogP contribution in [0.2, 0.25) is 0 Å². The Labute approximate surface area is 82.3 Å². The second-order valence-electron chi connectivity index (χ2n) is 4.06. The van der Waals surface area contributed by atoms with E-state index < -0.39 is 6.10 Å². The van der Waals surface area contributed by atoms with Gasteiger partial charge < -0.3 is 5.11 Å². The molecule has 0 radical (unpaired) electrons. The van der Waals surface area contributed by atoms with Gasteiger partial charge in [0.1, 0.15) is 0 Å². The van der Waals surface area contributed by atoms with E-state index in [1.807, 2.05) is 0 Å². The van der Waals surface area contributed by atoms with Crippen LogP contribution in [-0.4, -0.2) is 15.3 Å². The first kappa shape index (κ1) is 9.52. The Morgan fingerprint density at radius 3 is 2.57 bits per heavy atom. The SMILES string of the molecule is CC(O)c1[nH][nH]c(=O)c1C1CCCC1. The average Bonchev–Trinajstić information content (AvgIpc) is 2.71. The number of aromatic nitrogens is 2. The fourth-order valence-corrected chi connectivity index (χ4v) is 2.33. The molecule has 0 amide bonds. The van der Waals surface area contributed by atoms with Crippen LogP contribution in [0.3, 0.4) is 0 Å². The van der Waals surface area contributed by atoms with Crippen LogP contribution in [0.25, 0.3) is 0 Å². The molecule has 1 saturated carbocycles. The van der Waals surface area contributed by atoms with Crippen molar-refractivity contribution in [3.63, 3.8) is 0 Å². The van der Waals surface area contributed by atoms with Crippen molar-refractivity contribution in [2.45, 2.75) is 44.6 Å². The highest BCUT2D eigenvalue weighted by Crippen LogP contribution is 2.34. The van der Waals surface area contributed by atoms with Gasteiger partial charge in [0, 0.05) is 5.56 Å². The fourth-order valence-electron chi connectivity index (χ4n) is 2.33. The molecule has 1 aliphatic carbocycles.